The van der Waals surface area contributed by atoms with Crippen LogP contribution in [-0.4, -0.2) is 67.6 Å². The molecule has 0 fully saturated rings. The first-order chi connectivity index (χ1) is 24.6. The fraction of sp³-hybridized carbons (Fsp3) is 0.846. The summed E-state index contributed by atoms with van der Waals surface area (Å²) in [6.07, 6.45) is 21.9. The SMILES string of the molecule is C=C(CCC(=O)NCCCCCCOP(OCCC#N)N(C(C)C)C(C)C)NC(=O)NCCCCCCCCCCCCCCCCOC(C)=O. The number of unbranched alkanes of at least 4 members (excludes halogenated alkanes) is 16. The van der Waals surface area contributed by atoms with Crippen molar-refractivity contribution in [1.82, 2.24) is 20.6 Å². The zero-order valence-electron chi connectivity index (χ0n) is 33.0. The number of hydrogen-bond donors (Lipinski definition) is 3. The molecule has 11 nitrogen and oxygen atoms in total. The molecule has 0 aromatic heterocycles. The van der Waals surface area contributed by atoms with Crippen molar-refractivity contribution in [2.45, 2.75) is 182 Å². The van der Waals surface area contributed by atoms with E-state index in [9.17, 15) is 14.4 Å². The second kappa shape index (κ2) is 34.8. The Kier molecular flexibility index (Phi) is 33.3. The van der Waals surface area contributed by atoms with Gasteiger partial charge in [0.25, 0.3) is 8.53 Å². The molecule has 0 saturated heterocycles. The fourth-order valence-corrected chi connectivity index (χ4v) is 7.28. The number of carbonyl (C=O) groups excluding carboxylic acids is 3. The third-order valence-corrected chi connectivity index (χ3v) is 10.5. The number of esters is 1. The molecule has 0 aliphatic rings. The topological polar surface area (TPSA) is 142 Å². The minimum Gasteiger partial charge on any atom is -0.466 e. The molecule has 0 radical (unpaired) electrons. The van der Waals surface area contributed by atoms with Crippen molar-refractivity contribution < 1.29 is 28.2 Å². The number of amides is 3. The van der Waals surface area contributed by atoms with Crippen molar-refractivity contribution >= 4 is 26.4 Å². The first-order valence-electron chi connectivity index (χ1n) is 19.9. The molecule has 3 N–H and O–H groups in total. The van der Waals surface area contributed by atoms with Crippen LogP contribution >= 0.6 is 8.53 Å². The highest BCUT2D eigenvalue weighted by atomic mass is 31.2. The van der Waals surface area contributed by atoms with Crippen LogP contribution in [0.2, 0.25) is 0 Å². The van der Waals surface area contributed by atoms with Gasteiger partial charge >= 0.3 is 12.0 Å². The van der Waals surface area contributed by atoms with Crippen molar-refractivity contribution in [2.75, 3.05) is 32.9 Å². The molecule has 12 heteroatoms. The lowest BCUT2D eigenvalue weighted by Crippen LogP contribution is -2.35. The van der Waals surface area contributed by atoms with Gasteiger partial charge in [-0.3, -0.25) is 9.59 Å². The number of urea groups is 1. The van der Waals surface area contributed by atoms with Gasteiger partial charge in [0, 0.05) is 44.2 Å². The lowest BCUT2D eigenvalue weighted by Gasteiger charge is -2.35. The van der Waals surface area contributed by atoms with Gasteiger partial charge in [-0.15, -0.1) is 0 Å². The van der Waals surface area contributed by atoms with Crippen molar-refractivity contribution in [3.05, 3.63) is 12.3 Å². The summed E-state index contributed by atoms with van der Waals surface area (Å²) in [4.78, 5) is 35.1. The molecule has 0 saturated carbocycles. The van der Waals surface area contributed by atoms with Crippen LogP contribution in [0.3, 0.4) is 0 Å². The maximum atomic E-state index is 12.2. The second-order valence-electron chi connectivity index (χ2n) is 13.9. The minimum atomic E-state index is -1.20. The van der Waals surface area contributed by atoms with E-state index in [1.54, 1.807) is 0 Å². The number of rotatable bonds is 35. The third-order valence-electron chi connectivity index (χ3n) is 8.36. The standard InChI is InChI=1S/C39H74N5O6P/c1-34(2)44(35(3)4)51(50-33-25-28-40)49-32-24-20-18-21-29-41-38(46)27-26-36(5)43-39(47)42-30-22-17-15-13-11-9-7-8-10-12-14-16-19-23-31-48-37(6)45/h34-35H,5,7-27,29-33H2,1-4,6H3,(H,41,46)(H2,42,43,47). The molecule has 0 rings (SSSR count). The van der Waals surface area contributed by atoms with Gasteiger partial charge in [-0.1, -0.05) is 96.5 Å². The molecule has 0 aromatic rings. The highest BCUT2D eigenvalue weighted by molar-refractivity contribution is 7.44. The number of carbonyl (C=O) groups is 3. The fourth-order valence-electron chi connectivity index (χ4n) is 5.65. The molecule has 0 spiro atoms. The van der Waals surface area contributed by atoms with E-state index in [0.29, 0.717) is 57.9 Å². The van der Waals surface area contributed by atoms with Crippen LogP contribution in [0.15, 0.2) is 12.3 Å². The Labute approximate surface area is 312 Å². The van der Waals surface area contributed by atoms with E-state index in [1.165, 1.54) is 71.1 Å². The average molecular weight is 740 g/mol. The monoisotopic (exact) mass is 740 g/mol. The predicted octanol–water partition coefficient (Wildman–Crippen LogP) is 9.57. The van der Waals surface area contributed by atoms with E-state index in [2.05, 4.69) is 61.0 Å². The van der Waals surface area contributed by atoms with Crippen molar-refractivity contribution in [3.63, 3.8) is 0 Å². The number of hydrogen-bond acceptors (Lipinski definition) is 8. The number of ether oxygens (including phenoxy) is 1. The summed E-state index contributed by atoms with van der Waals surface area (Å²) in [5.41, 5.74) is 0.545. The van der Waals surface area contributed by atoms with Crippen molar-refractivity contribution in [1.29, 1.82) is 5.26 Å². The van der Waals surface area contributed by atoms with Crippen LogP contribution in [0, 0.1) is 11.3 Å². The van der Waals surface area contributed by atoms with E-state index in [0.717, 1.165) is 51.4 Å². The lowest BCUT2D eigenvalue weighted by molar-refractivity contribution is -0.141. The quantitative estimate of drug-likeness (QED) is 0.0332. The normalized spacial score (nSPS) is 11.8. The molecule has 0 bridgehead atoms. The van der Waals surface area contributed by atoms with Crippen molar-refractivity contribution in [3.8, 4) is 6.07 Å². The Morgan fingerprint density at radius 1 is 0.667 bits per heavy atom. The summed E-state index contributed by atoms with van der Waals surface area (Å²) in [6.45, 7) is 16.7. The third kappa shape index (κ3) is 32.2. The zero-order valence-corrected chi connectivity index (χ0v) is 33.9. The van der Waals surface area contributed by atoms with Crippen molar-refractivity contribution in [2.24, 2.45) is 0 Å². The van der Waals surface area contributed by atoms with Gasteiger partial charge in [0.15, 0.2) is 0 Å². The van der Waals surface area contributed by atoms with Gasteiger partial charge in [0.05, 0.1) is 32.3 Å². The molecule has 0 aliphatic carbocycles. The molecule has 0 aromatic carbocycles. The van der Waals surface area contributed by atoms with Gasteiger partial charge in [0.1, 0.15) is 0 Å². The molecular formula is C39H74N5O6P. The predicted molar refractivity (Wildman–Crippen MR) is 209 cm³/mol. The van der Waals surface area contributed by atoms with Gasteiger partial charge < -0.3 is 29.7 Å². The smallest absolute Gasteiger partial charge is 0.318 e. The number of nitrogens with zero attached hydrogens (tertiary/aromatic N) is 2. The maximum Gasteiger partial charge on any atom is 0.318 e. The molecule has 1 unspecified atom stereocenters. The summed E-state index contributed by atoms with van der Waals surface area (Å²) in [5.74, 6) is -0.221. The summed E-state index contributed by atoms with van der Waals surface area (Å²) in [6, 6.07) is 2.44. The van der Waals surface area contributed by atoms with Crippen LogP contribution in [0.5, 0.6) is 0 Å². The number of allylic oxidation sites excluding steroid dienone is 1. The molecule has 51 heavy (non-hydrogen) atoms. The zero-order chi connectivity index (χ0) is 38.0. The maximum absolute atomic E-state index is 12.2. The Bertz CT molecular complexity index is 938. The summed E-state index contributed by atoms with van der Waals surface area (Å²) in [7, 11) is -1.20. The molecule has 296 valence electrons. The van der Waals surface area contributed by atoms with Gasteiger partial charge in [0.2, 0.25) is 5.91 Å². The minimum absolute atomic E-state index is 0.0368. The van der Waals surface area contributed by atoms with Crippen LogP contribution in [0.4, 0.5) is 4.79 Å². The lowest BCUT2D eigenvalue weighted by atomic mass is 10.0. The average Bonchev–Trinajstić information content (AvgIpc) is 3.07. The number of nitrogens with one attached hydrogen (secondary N) is 3. The second-order valence-corrected chi connectivity index (χ2v) is 15.4. The van der Waals surface area contributed by atoms with E-state index in [4.69, 9.17) is 19.0 Å². The Hall–Kier alpha value is -2.25. The van der Waals surface area contributed by atoms with Crippen LogP contribution in [-0.2, 0) is 23.4 Å². The van der Waals surface area contributed by atoms with E-state index < -0.39 is 8.53 Å². The summed E-state index contributed by atoms with van der Waals surface area (Å²) in [5, 5.41) is 17.4. The Morgan fingerprint density at radius 3 is 1.61 bits per heavy atom. The first-order valence-corrected chi connectivity index (χ1v) is 21.0. The van der Waals surface area contributed by atoms with E-state index in [1.807, 2.05) is 0 Å². The highest BCUT2D eigenvalue weighted by Crippen LogP contribution is 2.46. The molecular weight excluding hydrogens is 665 g/mol. The molecule has 0 aliphatic heterocycles. The van der Waals surface area contributed by atoms with Crippen LogP contribution in [0.25, 0.3) is 0 Å². The van der Waals surface area contributed by atoms with Gasteiger partial charge in [-0.25, -0.2) is 9.46 Å². The van der Waals surface area contributed by atoms with Gasteiger partial charge in [-0.05, 0) is 59.8 Å². The van der Waals surface area contributed by atoms with Gasteiger partial charge in [-0.2, -0.15) is 5.26 Å². The Morgan fingerprint density at radius 2 is 1.12 bits per heavy atom. The first kappa shape index (κ1) is 48.8. The molecule has 3 amide bonds. The van der Waals surface area contributed by atoms with E-state index in [-0.39, 0.29) is 30.0 Å². The summed E-state index contributed by atoms with van der Waals surface area (Å²) < 4.78 is 19.2. The summed E-state index contributed by atoms with van der Waals surface area (Å²) >= 11 is 0. The van der Waals surface area contributed by atoms with Crippen LogP contribution < -0.4 is 16.0 Å². The Balaban J connectivity index is 3.68. The molecule has 1 atom stereocenters. The highest BCUT2D eigenvalue weighted by Gasteiger charge is 2.26. The number of nitriles is 1. The van der Waals surface area contributed by atoms with Crippen LogP contribution in [0.1, 0.15) is 169 Å². The molecule has 0 heterocycles. The largest absolute Gasteiger partial charge is 0.466 e. The van der Waals surface area contributed by atoms with E-state index >= 15 is 0 Å².